The Morgan fingerprint density at radius 3 is 2.50 bits per heavy atom. The fourth-order valence-electron chi connectivity index (χ4n) is 2.23. The molecule has 0 radical (unpaired) electrons. The molecule has 0 fully saturated rings. The Balaban J connectivity index is 1.90. The van der Waals surface area contributed by atoms with Crippen molar-refractivity contribution < 1.29 is 4.79 Å². The van der Waals surface area contributed by atoms with Crippen LogP contribution in [0.2, 0.25) is 0 Å². The van der Waals surface area contributed by atoms with Gasteiger partial charge in [0.15, 0.2) is 0 Å². The van der Waals surface area contributed by atoms with Crippen LogP contribution in [0.25, 0.3) is 0 Å². The van der Waals surface area contributed by atoms with E-state index in [1.165, 1.54) is 5.56 Å². The highest BCUT2D eigenvalue weighted by Gasteiger charge is 2.09. The van der Waals surface area contributed by atoms with E-state index >= 15 is 0 Å². The lowest BCUT2D eigenvalue weighted by molar-refractivity contribution is -0.120. The predicted octanol–water partition coefficient (Wildman–Crippen LogP) is 4.36. The normalized spacial score (nSPS) is 11.8. The molecule has 3 nitrogen and oxygen atoms in total. The molecule has 0 aliphatic rings. The lowest BCUT2D eigenvalue weighted by atomic mass is 10.1. The van der Waals surface area contributed by atoms with Crippen molar-refractivity contribution in [2.75, 3.05) is 11.9 Å². The van der Waals surface area contributed by atoms with Crippen LogP contribution < -0.4 is 10.6 Å². The minimum atomic E-state index is -0.0173. The Kier molecular flexibility index (Phi) is 5.61. The van der Waals surface area contributed by atoms with E-state index in [-0.39, 0.29) is 18.5 Å². The second kappa shape index (κ2) is 7.45. The van der Waals surface area contributed by atoms with Gasteiger partial charge in [0.2, 0.25) is 5.91 Å². The third kappa shape index (κ3) is 4.60. The first-order valence-electron chi connectivity index (χ1n) is 7.31. The van der Waals surface area contributed by atoms with Crippen LogP contribution in [-0.2, 0) is 4.79 Å². The summed E-state index contributed by atoms with van der Waals surface area (Å²) in [5, 5.41) is 6.20. The number of carbonyl (C=O) groups excluding carboxylic acids is 1. The van der Waals surface area contributed by atoms with E-state index < -0.39 is 0 Å². The summed E-state index contributed by atoms with van der Waals surface area (Å²) in [4.78, 5) is 12.1. The van der Waals surface area contributed by atoms with Gasteiger partial charge in [0.05, 0.1) is 12.6 Å². The SMILES string of the molecule is Cc1ccc(C)c(NCC(=O)NC(C)c2ccc(Br)cc2)c1. The van der Waals surface area contributed by atoms with Crippen molar-refractivity contribution in [3.05, 3.63) is 63.6 Å². The molecule has 0 aliphatic carbocycles. The van der Waals surface area contributed by atoms with Crippen LogP contribution in [0.3, 0.4) is 0 Å². The maximum absolute atomic E-state index is 12.1. The fraction of sp³-hybridized carbons (Fsp3) is 0.278. The molecule has 0 saturated heterocycles. The van der Waals surface area contributed by atoms with E-state index in [2.05, 4.69) is 44.8 Å². The molecule has 22 heavy (non-hydrogen) atoms. The van der Waals surface area contributed by atoms with Crippen LogP contribution in [-0.4, -0.2) is 12.5 Å². The van der Waals surface area contributed by atoms with Crippen molar-refractivity contribution in [2.24, 2.45) is 0 Å². The first kappa shape index (κ1) is 16.6. The first-order valence-corrected chi connectivity index (χ1v) is 8.11. The number of halogens is 1. The van der Waals surface area contributed by atoms with E-state index in [1.807, 2.05) is 45.0 Å². The average Bonchev–Trinajstić information content (AvgIpc) is 2.49. The summed E-state index contributed by atoms with van der Waals surface area (Å²) < 4.78 is 1.03. The van der Waals surface area contributed by atoms with Gasteiger partial charge in [0.1, 0.15) is 0 Å². The summed E-state index contributed by atoms with van der Waals surface area (Å²) in [7, 11) is 0. The van der Waals surface area contributed by atoms with Crippen molar-refractivity contribution in [1.82, 2.24) is 5.32 Å². The average molecular weight is 361 g/mol. The molecular formula is C18H21BrN2O. The Morgan fingerprint density at radius 2 is 1.82 bits per heavy atom. The quantitative estimate of drug-likeness (QED) is 0.831. The smallest absolute Gasteiger partial charge is 0.239 e. The standard InChI is InChI=1S/C18H21BrN2O/c1-12-4-5-13(2)17(10-12)20-11-18(22)21-14(3)15-6-8-16(19)9-7-15/h4-10,14,20H,11H2,1-3H3,(H,21,22). The molecule has 116 valence electrons. The van der Waals surface area contributed by atoms with Crippen molar-refractivity contribution >= 4 is 27.5 Å². The van der Waals surface area contributed by atoms with Gasteiger partial charge in [-0.25, -0.2) is 0 Å². The second-order valence-electron chi connectivity index (χ2n) is 5.51. The number of hydrogen-bond acceptors (Lipinski definition) is 2. The second-order valence-corrected chi connectivity index (χ2v) is 6.43. The van der Waals surface area contributed by atoms with Gasteiger partial charge in [-0.05, 0) is 55.7 Å². The molecule has 0 saturated carbocycles. The van der Waals surface area contributed by atoms with Gasteiger partial charge in [-0.2, -0.15) is 0 Å². The van der Waals surface area contributed by atoms with Crippen LogP contribution in [0, 0.1) is 13.8 Å². The summed E-state index contributed by atoms with van der Waals surface area (Å²) in [6, 6.07) is 14.1. The van der Waals surface area contributed by atoms with Crippen LogP contribution in [0.5, 0.6) is 0 Å². The van der Waals surface area contributed by atoms with Crippen molar-refractivity contribution in [1.29, 1.82) is 0 Å². The molecule has 0 aliphatic heterocycles. The monoisotopic (exact) mass is 360 g/mol. The highest BCUT2D eigenvalue weighted by Crippen LogP contribution is 2.17. The number of carbonyl (C=O) groups is 1. The molecule has 1 atom stereocenters. The van der Waals surface area contributed by atoms with Gasteiger partial charge >= 0.3 is 0 Å². The van der Waals surface area contributed by atoms with Gasteiger partial charge < -0.3 is 10.6 Å². The highest BCUT2D eigenvalue weighted by atomic mass is 79.9. The molecule has 0 spiro atoms. The molecule has 2 aromatic carbocycles. The molecule has 0 bridgehead atoms. The van der Waals surface area contributed by atoms with Gasteiger partial charge in [-0.1, -0.05) is 40.2 Å². The van der Waals surface area contributed by atoms with Gasteiger partial charge in [-0.15, -0.1) is 0 Å². The maximum Gasteiger partial charge on any atom is 0.239 e. The Labute approximate surface area is 140 Å². The van der Waals surface area contributed by atoms with Crippen LogP contribution in [0.15, 0.2) is 46.9 Å². The molecule has 0 aromatic heterocycles. The van der Waals surface area contributed by atoms with Gasteiger partial charge in [0.25, 0.3) is 0 Å². The first-order chi connectivity index (χ1) is 10.5. The Morgan fingerprint density at radius 1 is 1.14 bits per heavy atom. The molecule has 2 N–H and O–H groups in total. The number of amides is 1. The Bertz CT molecular complexity index is 653. The third-order valence-corrected chi connectivity index (χ3v) is 4.11. The summed E-state index contributed by atoms with van der Waals surface area (Å²) in [5.41, 5.74) is 4.41. The molecule has 1 amide bonds. The maximum atomic E-state index is 12.1. The predicted molar refractivity (Wildman–Crippen MR) is 95.1 cm³/mol. The summed E-state index contributed by atoms with van der Waals surface area (Å²) >= 11 is 3.41. The minimum absolute atomic E-state index is 0.0130. The van der Waals surface area contributed by atoms with Crippen LogP contribution in [0.1, 0.15) is 29.7 Å². The lowest BCUT2D eigenvalue weighted by Gasteiger charge is -2.16. The Hall–Kier alpha value is -1.81. The largest absolute Gasteiger partial charge is 0.376 e. The summed E-state index contributed by atoms with van der Waals surface area (Å²) in [5.74, 6) is -0.0173. The molecule has 4 heteroatoms. The number of nitrogens with one attached hydrogen (secondary N) is 2. The van der Waals surface area contributed by atoms with Crippen molar-refractivity contribution in [2.45, 2.75) is 26.8 Å². The number of rotatable bonds is 5. The van der Waals surface area contributed by atoms with Crippen LogP contribution in [0.4, 0.5) is 5.69 Å². The number of hydrogen-bond donors (Lipinski definition) is 2. The molecule has 2 rings (SSSR count). The van der Waals surface area contributed by atoms with E-state index in [0.29, 0.717) is 0 Å². The van der Waals surface area contributed by atoms with E-state index in [9.17, 15) is 4.79 Å². The third-order valence-electron chi connectivity index (χ3n) is 3.58. The summed E-state index contributed by atoms with van der Waals surface area (Å²) in [6.45, 7) is 6.33. The van der Waals surface area contributed by atoms with Crippen LogP contribution >= 0.6 is 15.9 Å². The number of benzene rings is 2. The molecular weight excluding hydrogens is 340 g/mol. The highest BCUT2D eigenvalue weighted by molar-refractivity contribution is 9.10. The fourth-order valence-corrected chi connectivity index (χ4v) is 2.49. The molecule has 1 unspecified atom stereocenters. The van der Waals surface area contributed by atoms with E-state index in [0.717, 1.165) is 21.3 Å². The summed E-state index contributed by atoms with van der Waals surface area (Å²) in [6.07, 6.45) is 0. The van der Waals surface area contributed by atoms with Gasteiger partial charge in [-0.3, -0.25) is 4.79 Å². The zero-order valence-electron chi connectivity index (χ0n) is 13.1. The molecule has 0 heterocycles. The van der Waals surface area contributed by atoms with Crippen molar-refractivity contribution in [3.63, 3.8) is 0 Å². The van der Waals surface area contributed by atoms with Crippen molar-refractivity contribution in [3.8, 4) is 0 Å². The zero-order valence-corrected chi connectivity index (χ0v) is 14.7. The minimum Gasteiger partial charge on any atom is -0.376 e. The lowest BCUT2D eigenvalue weighted by Crippen LogP contribution is -2.32. The van der Waals surface area contributed by atoms with Gasteiger partial charge in [0, 0.05) is 10.2 Å². The number of anilines is 1. The topological polar surface area (TPSA) is 41.1 Å². The molecule has 2 aromatic rings. The van der Waals surface area contributed by atoms with E-state index in [4.69, 9.17) is 0 Å². The van der Waals surface area contributed by atoms with E-state index in [1.54, 1.807) is 0 Å². The number of aryl methyl sites for hydroxylation is 2. The zero-order chi connectivity index (χ0) is 16.1.